The first-order valence-electron chi connectivity index (χ1n) is 4.00. The van der Waals surface area contributed by atoms with Crippen LogP contribution in [0.1, 0.15) is 6.92 Å². The molecule has 0 amide bonds. The first-order valence-corrected chi connectivity index (χ1v) is 7.70. The van der Waals surface area contributed by atoms with E-state index in [0.717, 1.165) is 6.92 Å². The Morgan fingerprint density at radius 3 is 1.69 bits per heavy atom. The van der Waals surface area contributed by atoms with Crippen LogP contribution in [0.4, 0.5) is 0 Å². The molecule has 0 fully saturated rings. The lowest BCUT2D eigenvalue weighted by Crippen LogP contribution is -2.43. The van der Waals surface area contributed by atoms with Crippen LogP contribution in [0.15, 0.2) is 12.2 Å². The molecular weight excluding hydrogens is 258 g/mol. The summed E-state index contributed by atoms with van der Waals surface area (Å²) < 4.78 is 45.2. The minimum absolute atomic E-state index is 0.121. The van der Waals surface area contributed by atoms with Gasteiger partial charge in [-0.15, -0.1) is 0 Å². The number of carboxylic acids is 1. The third-order valence-electron chi connectivity index (χ3n) is 1.75. The Kier molecular flexibility index (Phi) is 4.25. The molecule has 0 saturated carbocycles. The maximum atomic E-state index is 11.3. The van der Waals surface area contributed by atoms with Crippen molar-refractivity contribution in [2.75, 3.05) is 12.5 Å². The normalized spacial score (nSPS) is 14.8. The average Bonchev–Trinajstić information content (AvgIpc) is 1.96. The Balaban J connectivity index is 5.60. The number of carbonyl (C=O) groups is 1. The molecule has 0 bridgehead atoms. The van der Waals surface area contributed by atoms with Gasteiger partial charge in [0.25, 0.3) is 0 Å². The van der Waals surface area contributed by atoms with Crippen LogP contribution in [-0.4, -0.2) is 50.2 Å². The SMILES string of the molecule is C=C(C(=O)O)C(C)N(S(C)(=O)=O)S(C)(=O)=O. The van der Waals surface area contributed by atoms with Crippen molar-refractivity contribution in [3.8, 4) is 0 Å². The van der Waals surface area contributed by atoms with Gasteiger partial charge >= 0.3 is 5.97 Å². The van der Waals surface area contributed by atoms with E-state index < -0.39 is 37.6 Å². The van der Waals surface area contributed by atoms with E-state index in [0.29, 0.717) is 12.5 Å². The van der Waals surface area contributed by atoms with Crippen LogP contribution in [-0.2, 0) is 24.8 Å². The summed E-state index contributed by atoms with van der Waals surface area (Å²) in [5.41, 5.74) is -0.518. The summed E-state index contributed by atoms with van der Waals surface area (Å²) in [5, 5.41) is 8.62. The van der Waals surface area contributed by atoms with E-state index >= 15 is 0 Å². The molecule has 1 N–H and O–H groups in total. The van der Waals surface area contributed by atoms with Crippen molar-refractivity contribution in [2.45, 2.75) is 13.0 Å². The summed E-state index contributed by atoms with van der Waals surface area (Å²) in [6.07, 6.45) is 1.36. The molecule has 0 aliphatic rings. The maximum Gasteiger partial charge on any atom is 0.332 e. The highest BCUT2D eigenvalue weighted by Crippen LogP contribution is 2.16. The number of hydrogen-bond acceptors (Lipinski definition) is 5. The van der Waals surface area contributed by atoms with Crippen molar-refractivity contribution in [1.82, 2.24) is 3.71 Å². The topological polar surface area (TPSA) is 109 Å². The largest absolute Gasteiger partial charge is 0.478 e. The molecule has 0 heterocycles. The smallest absolute Gasteiger partial charge is 0.332 e. The molecule has 0 aromatic heterocycles. The van der Waals surface area contributed by atoms with E-state index in [4.69, 9.17) is 5.11 Å². The van der Waals surface area contributed by atoms with E-state index in [2.05, 4.69) is 6.58 Å². The fourth-order valence-corrected chi connectivity index (χ4v) is 4.50. The number of nitrogens with zero attached hydrogens (tertiary/aromatic N) is 1. The number of carboxylic acid groups (broad SMARTS) is 1. The van der Waals surface area contributed by atoms with Crippen LogP contribution in [0, 0.1) is 0 Å². The van der Waals surface area contributed by atoms with Crippen LogP contribution < -0.4 is 0 Å². The Bertz CT molecular complexity index is 471. The molecule has 0 aliphatic heterocycles. The summed E-state index contributed by atoms with van der Waals surface area (Å²) in [6, 6.07) is -1.36. The van der Waals surface area contributed by atoms with Crippen molar-refractivity contribution < 1.29 is 26.7 Å². The fourth-order valence-electron chi connectivity index (χ4n) is 1.13. The lowest BCUT2D eigenvalue weighted by Gasteiger charge is -2.24. The van der Waals surface area contributed by atoms with Crippen molar-refractivity contribution in [1.29, 1.82) is 0 Å². The standard InChI is InChI=1S/C7H13NO6S2/c1-5(7(9)10)6(2)8(15(3,11)12)16(4,13)14/h6H,1H2,2-4H3,(H,9,10). The molecule has 9 heteroatoms. The van der Waals surface area contributed by atoms with Gasteiger partial charge in [-0.1, -0.05) is 10.3 Å². The predicted octanol–water partition coefficient (Wildman–Crippen LogP) is -0.763. The van der Waals surface area contributed by atoms with Crippen LogP contribution in [0.3, 0.4) is 0 Å². The van der Waals surface area contributed by atoms with Gasteiger partial charge in [0.1, 0.15) is 0 Å². The van der Waals surface area contributed by atoms with Gasteiger partial charge in [0, 0.05) is 5.57 Å². The molecule has 94 valence electrons. The monoisotopic (exact) mass is 271 g/mol. The summed E-state index contributed by atoms with van der Waals surface area (Å²) in [4.78, 5) is 10.6. The average molecular weight is 271 g/mol. The number of aliphatic carboxylic acids is 1. The molecule has 16 heavy (non-hydrogen) atoms. The highest BCUT2D eigenvalue weighted by atomic mass is 32.3. The number of sulfonamides is 2. The quantitative estimate of drug-likeness (QED) is 0.658. The summed E-state index contributed by atoms with van der Waals surface area (Å²) in [5.74, 6) is -1.45. The third kappa shape index (κ3) is 3.58. The second kappa shape index (κ2) is 4.52. The fraction of sp³-hybridized carbons (Fsp3) is 0.571. The van der Waals surface area contributed by atoms with E-state index in [9.17, 15) is 21.6 Å². The molecule has 0 spiro atoms. The second-order valence-electron chi connectivity index (χ2n) is 3.26. The molecule has 1 atom stereocenters. The Hall–Kier alpha value is -0.930. The molecular formula is C7H13NO6S2. The second-order valence-corrected chi connectivity index (χ2v) is 7.21. The van der Waals surface area contributed by atoms with Crippen LogP contribution in [0.5, 0.6) is 0 Å². The Morgan fingerprint density at radius 2 is 1.50 bits per heavy atom. The van der Waals surface area contributed by atoms with E-state index in [1.54, 1.807) is 0 Å². The zero-order valence-corrected chi connectivity index (χ0v) is 10.7. The van der Waals surface area contributed by atoms with E-state index in [1.807, 2.05) is 0 Å². The van der Waals surface area contributed by atoms with Crippen molar-refractivity contribution >= 4 is 26.0 Å². The molecule has 7 nitrogen and oxygen atoms in total. The van der Waals surface area contributed by atoms with Gasteiger partial charge in [0.15, 0.2) is 0 Å². The van der Waals surface area contributed by atoms with Gasteiger partial charge in [-0.05, 0) is 6.92 Å². The van der Waals surface area contributed by atoms with Gasteiger partial charge in [0.2, 0.25) is 20.0 Å². The first-order chi connectivity index (χ1) is 6.89. The third-order valence-corrected chi connectivity index (χ3v) is 5.31. The maximum absolute atomic E-state index is 11.3. The van der Waals surface area contributed by atoms with E-state index in [-0.39, 0.29) is 3.71 Å². The molecule has 0 saturated heterocycles. The molecule has 1 unspecified atom stereocenters. The zero-order chi connectivity index (χ0) is 13.3. The van der Waals surface area contributed by atoms with Gasteiger partial charge in [-0.25, -0.2) is 21.6 Å². The first kappa shape index (κ1) is 15.1. The molecule has 0 rings (SSSR count). The predicted molar refractivity (Wildman–Crippen MR) is 57.8 cm³/mol. The Labute approximate surface area is 94.5 Å². The number of hydrogen-bond donors (Lipinski definition) is 1. The lowest BCUT2D eigenvalue weighted by molar-refractivity contribution is -0.133. The summed E-state index contributed by atoms with van der Waals surface area (Å²) in [7, 11) is -8.16. The molecule has 0 aromatic carbocycles. The van der Waals surface area contributed by atoms with Gasteiger partial charge in [-0.3, -0.25) is 0 Å². The Morgan fingerprint density at radius 1 is 1.19 bits per heavy atom. The molecule has 0 radical (unpaired) electrons. The van der Waals surface area contributed by atoms with Crippen molar-refractivity contribution in [3.63, 3.8) is 0 Å². The highest BCUT2D eigenvalue weighted by molar-refractivity contribution is 8.03. The van der Waals surface area contributed by atoms with Crippen molar-refractivity contribution in [3.05, 3.63) is 12.2 Å². The molecule has 0 aliphatic carbocycles. The highest BCUT2D eigenvalue weighted by Gasteiger charge is 2.35. The van der Waals surface area contributed by atoms with Gasteiger partial charge in [-0.2, -0.15) is 0 Å². The lowest BCUT2D eigenvalue weighted by atomic mass is 10.2. The van der Waals surface area contributed by atoms with Crippen LogP contribution in [0.25, 0.3) is 0 Å². The zero-order valence-electron chi connectivity index (χ0n) is 9.04. The minimum Gasteiger partial charge on any atom is -0.478 e. The summed E-state index contributed by atoms with van der Waals surface area (Å²) in [6.45, 7) is 4.27. The van der Waals surface area contributed by atoms with Crippen molar-refractivity contribution in [2.24, 2.45) is 0 Å². The van der Waals surface area contributed by atoms with Crippen LogP contribution in [0.2, 0.25) is 0 Å². The number of rotatable bonds is 5. The minimum atomic E-state index is -4.08. The summed E-state index contributed by atoms with van der Waals surface area (Å²) >= 11 is 0. The van der Waals surface area contributed by atoms with Crippen LogP contribution >= 0.6 is 0 Å². The van der Waals surface area contributed by atoms with Gasteiger partial charge < -0.3 is 5.11 Å². The van der Waals surface area contributed by atoms with Gasteiger partial charge in [0.05, 0.1) is 18.6 Å². The van der Waals surface area contributed by atoms with E-state index in [1.165, 1.54) is 0 Å². The molecule has 0 aromatic rings.